The van der Waals surface area contributed by atoms with Gasteiger partial charge in [-0.05, 0) is 24.1 Å². The van der Waals surface area contributed by atoms with Gasteiger partial charge in [-0.1, -0.05) is 30.3 Å². The van der Waals surface area contributed by atoms with Crippen molar-refractivity contribution in [1.82, 2.24) is 0 Å². The third-order valence-corrected chi connectivity index (χ3v) is 3.16. The predicted molar refractivity (Wildman–Crippen MR) is 73.6 cm³/mol. The monoisotopic (exact) mass is 289 g/mol. The third kappa shape index (κ3) is 3.42. The van der Waals surface area contributed by atoms with Crippen molar-refractivity contribution in [3.05, 3.63) is 75.6 Å². The summed E-state index contributed by atoms with van der Waals surface area (Å²) in [5.41, 5.74) is 0.508. The summed E-state index contributed by atoms with van der Waals surface area (Å²) in [4.78, 5) is 21.9. The van der Waals surface area contributed by atoms with E-state index in [4.69, 9.17) is 0 Å². The Kier molecular flexibility index (Phi) is 4.27. The van der Waals surface area contributed by atoms with E-state index in [9.17, 15) is 24.4 Å². The van der Waals surface area contributed by atoms with Gasteiger partial charge < -0.3 is 5.11 Å². The molecule has 0 aromatic heterocycles. The highest BCUT2D eigenvalue weighted by molar-refractivity contribution is 5.78. The maximum absolute atomic E-state index is 12.9. The standard InChI is InChI=1S/C15H12FNO4/c16-11-7-5-10(6-8-11)9-13(15(18)19)12-3-1-2-4-14(12)17(20)21/h1-8,13H,9H2,(H,18,19). The van der Waals surface area contributed by atoms with Gasteiger partial charge in [0.1, 0.15) is 5.82 Å². The Morgan fingerprint density at radius 1 is 1.19 bits per heavy atom. The van der Waals surface area contributed by atoms with Crippen LogP contribution in [0.4, 0.5) is 10.1 Å². The van der Waals surface area contributed by atoms with Gasteiger partial charge in [-0.3, -0.25) is 14.9 Å². The van der Waals surface area contributed by atoms with E-state index in [1.165, 1.54) is 42.5 Å². The second-order valence-electron chi connectivity index (χ2n) is 4.54. The average molecular weight is 289 g/mol. The Bertz CT molecular complexity index is 670. The normalized spacial score (nSPS) is 11.9. The Balaban J connectivity index is 2.38. The van der Waals surface area contributed by atoms with Crippen LogP contribution >= 0.6 is 0 Å². The molecule has 1 N–H and O–H groups in total. The quantitative estimate of drug-likeness (QED) is 0.677. The lowest BCUT2D eigenvalue weighted by Gasteiger charge is -2.13. The zero-order valence-corrected chi connectivity index (χ0v) is 10.9. The molecule has 6 heteroatoms. The van der Waals surface area contributed by atoms with E-state index in [0.29, 0.717) is 5.56 Å². The number of halogens is 1. The van der Waals surface area contributed by atoms with Crippen LogP contribution < -0.4 is 0 Å². The molecular weight excluding hydrogens is 277 g/mol. The molecule has 0 fully saturated rings. The minimum Gasteiger partial charge on any atom is -0.481 e. The van der Waals surface area contributed by atoms with Gasteiger partial charge in [-0.25, -0.2) is 4.39 Å². The van der Waals surface area contributed by atoms with Crippen LogP contribution in [-0.2, 0) is 11.2 Å². The first kappa shape index (κ1) is 14.6. The summed E-state index contributed by atoms with van der Waals surface area (Å²) in [5, 5.41) is 20.4. The van der Waals surface area contributed by atoms with Gasteiger partial charge in [0.25, 0.3) is 5.69 Å². The van der Waals surface area contributed by atoms with Crippen molar-refractivity contribution in [1.29, 1.82) is 0 Å². The fourth-order valence-corrected chi connectivity index (χ4v) is 2.13. The number of hydrogen-bond donors (Lipinski definition) is 1. The van der Waals surface area contributed by atoms with Gasteiger partial charge in [0, 0.05) is 11.6 Å². The van der Waals surface area contributed by atoms with Crippen molar-refractivity contribution in [2.45, 2.75) is 12.3 Å². The molecular formula is C15H12FNO4. The molecule has 0 spiro atoms. The second kappa shape index (κ2) is 6.13. The van der Waals surface area contributed by atoms with Gasteiger partial charge in [0.2, 0.25) is 0 Å². The molecule has 0 aliphatic carbocycles. The van der Waals surface area contributed by atoms with Crippen molar-refractivity contribution in [3.63, 3.8) is 0 Å². The van der Waals surface area contributed by atoms with Gasteiger partial charge in [-0.15, -0.1) is 0 Å². The van der Waals surface area contributed by atoms with E-state index in [-0.39, 0.29) is 17.7 Å². The Morgan fingerprint density at radius 3 is 2.38 bits per heavy atom. The van der Waals surface area contributed by atoms with Crippen molar-refractivity contribution < 1.29 is 19.2 Å². The number of para-hydroxylation sites is 1. The maximum Gasteiger partial charge on any atom is 0.311 e. The average Bonchev–Trinajstić information content (AvgIpc) is 2.46. The van der Waals surface area contributed by atoms with Crippen LogP contribution in [-0.4, -0.2) is 16.0 Å². The topological polar surface area (TPSA) is 80.4 Å². The molecule has 5 nitrogen and oxygen atoms in total. The molecule has 0 radical (unpaired) electrons. The smallest absolute Gasteiger partial charge is 0.311 e. The SMILES string of the molecule is O=C(O)C(Cc1ccc(F)cc1)c1ccccc1[N+](=O)[O-]. The highest BCUT2D eigenvalue weighted by atomic mass is 19.1. The van der Waals surface area contributed by atoms with Crippen LogP contribution in [0.25, 0.3) is 0 Å². The molecule has 108 valence electrons. The lowest BCUT2D eigenvalue weighted by Crippen LogP contribution is -2.16. The number of rotatable bonds is 5. The molecule has 21 heavy (non-hydrogen) atoms. The van der Waals surface area contributed by atoms with Crippen molar-refractivity contribution in [2.24, 2.45) is 0 Å². The number of carbonyl (C=O) groups is 1. The zero-order valence-electron chi connectivity index (χ0n) is 10.9. The number of nitro benzene ring substituents is 1. The molecule has 0 aliphatic heterocycles. The molecule has 1 unspecified atom stereocenters. The van der Waals surface area contributed by atoms with E-state index >= 15 is 0 Å². The van der Waals surface area contributed by atoms with E-state index < -0.39 is 22.6 Å². The summed E-state index contributed by atoms with van der Waals surface area (Å²) in [6.45, 7) is 0. The van der Waals surface area contributed by atoms with Crippen molar-refractivity contribution >= 4 is 11.7 Å². The summed E-state index contributed by atoms with van der Waals surface area (Å²) in [6.07, 6.45) is 0.0560. The van der Waals surface area contributed by atoms with Gasteiger partial charge in [-0.2, -0.15) is 0 Å². The van der Waals surface area contributed by atoms with Crippen molar-refractivity contribution in [3.8, 4) is 0 Å². The molecule has 0 heterocycles. The summed E-state index contributed by atoms with van der Waals surface area (Å²) in [5.74, 6) is -2.64. The molecule has 0 amide bonds. The van der Waals surface area contributed by atoms with Crippen LogP contribution in [0.1, 0.15) is 17.0 Å². The highest BCUT2D eigenvalue weighted by Crippen LogP contribution is 2.29. The van der Waals surface area contributed by atoms with E-state index in [1.807, 2.05) is 0 Å². The summed E-state index contributed by atoms with van der Waals surface area (Å²) in [7, 11) is 0. The predicted octanol–water partition coefficient (Wildman–Crippen LogP) is 3.14. The van der Waals surface area contributed by atoms with Crippen LogP contribution in [0.15, 0.2) is 48.5 Å². The number of benzene rings is 2. The summed E-state index contributed by atoms with van der Waals surface area (Å²) >= 11 is 0. The minimum atomic E-state index is -1.16. The first-order valence-corrected chi connectivity index (χ1v) is 6.19. The molecule has 1 atom stereocenters. The maximum atomic E-state index is 12.9. The third-order valence-electron chi connectivity index (χ3n) is 3.16. The molecule has 0 bridgehead atoms. The van der Waals surface area contributed by atoms with E-state index in [0.717, 1.165) is 0 Å². The van der Waals surface area contributed by atoms with Crippen molar-refractivity contribution in [2.75, 3.05) is 0 Å². The van der Waals surface area contributed by atoms with Crippen LogP contribution in [0, 0.1) is 15.9 Å². The Labute approximate surface area is 119 Å². The first-order valence-electron chi connectivity index (χ1n) is 6.19. The molecule has 0 saturated carbocycles. The molecule has 2 aromatic carbocycles. The van der Waals surface area contributed by atoms with Gasteiger partial charge >= 0.3 is 5.97 Å². The fourth-order valence-electron chi connectivity index (χ4n) is 2.13. The minimum absolute atomic E-state index is 0.0560. The molecule has 2 rings (SSSR count). The summed E-state index contributed by atoms with van der Waals surface area (Å²) < 4.78 is 12.9. The number of nitro groups is 1. The Morgan fingerprint density at radius 2 is 1.81 bits per heavy atom. The fraction of sp³-hybridized carbons (Fsp3) is 0.133. The molecule has 0 saturated heterocycles. The largest absolute Gasteiger partial charge is 0.481 e. The van der Waals surface area contributed by atoms with Crippen LogP contribution in [0.3, 0.4) is 0 Å². The van der Waals surface area contributed by atoms with Crippen LogP contribution in [0.2, 0.25) is 0 Å². The number of hydrogen-bond acceptors (Lipinski definition) is 3. The lowest BCUT2D eigenvalue weighted by atomic mass is 9.91. The first-order chi connectivity index (χ1) is 9.99. The number of aliphatic carboxylic acids is 1. The van der Waals surface area contributed by atoms with Gasteiger partial charge in [0.15, 0.2) is 0 Å². The number of nitrogens with zero attached hydrogens (tertiary/aromatic N) is 1. The van der Waals surface area contributed by atoms with E-state index in [2.05, 4.69) is 0 Å². The van der Waals surface area contributed by atoms with Gasteiger partial charge in [0.05, 0.1) is 10.8 Å². The lowest BCUT2D eigenvalue weighted by molar-refractivity contribution is -0.385. The van der Waals surface area contributed by atoms with Crippen LogP contribution in [0.5, 0.6) is 0 Å². The molecule has 0 aliphatic rings. The summed E-state index contributed by atoms with van der Waals surface area (Å²) in [6, 6.07) is 11.2. The molecule has 2 aromatic rings. The number of carboxylic acids is 1. The zero-order chi connectivity index (χ0) is 15.4. The Hall–Kier alpha value is -2.76. The second-order valence-corrected chi connectivity index (χ2v) is 4.54. The van der Waals surface area contributed by atoms with E-state index in [1.54, 1.807) is 6.07 Å². The number of carboxylic acid groups (broad SMARTS) is 1. The highest BCUT2D eigenvalue weighted by Gasteiger charge is 2.27.